The van der Waals surface area contributed by atoms with Crippen LogP contribution < -0.4 is 0 Å². The Hall–Kier alpha value is -0.660. The minimum absolute atomic E-state index is 0.102. The van der Waals surface area contributed by atoms with E-state index in [1.165, 1.54) is 4.31 Å². The summed E-state index contributed by atoms with van der Waals surface area (Å²) in [5.41, 5.74) is 0. The third-order valence-electron chi connectivity index (χ3n) is 3.64. The number of carboxylic acids is 1. The monoisotopic (exact) mass is 263 g/mol. The van der Waals surface area contributed by atoms with Crippen molar-refractivity contribution in [3.05, 3.63) is 0 Å². The lowest BCUT2D eigenvalue weighted by Crippen LogP contribution is -2.41. The van der Waals surface area contributed by atoms with E-state index in [2.05, 4.69) is 0 Å². The zero-order valence-corrected chi connectivity index (χ0v) is 10.3. The third kappa shape index (κ3) is 2.31. The molecule has 2 fully saturated rings. The number of β-amino-alcohol motifs (C(OH)–C–C–N with tert-alkyl or cyclic N) is 1. The van der Waals surface area contributed by atoms with E-state index in [1.54, 1.807) is 0 Å². The third-order valence-corrected chi connectivity index (χ3v) is 6.02. The molecule has 2 aliphatic rings. The van der Waals surface area contributed by atoms with Crippen LogP contribution in [0.4, 0.5) is 0 Å². The second-order valence-corrected chi connectivity index (χ2v) is 6.91. The molecular weight excluding hydrogens is 246 g/mol. The SMILES string of the molecule is O=C(O)C1CCCC1S(=O)(=O)N1CC[C@@H](O)C1. The Balaban J connectivity index is 2.17. The zero-order valence-electron chi connectivity index (χ0n) is 9.45. The highest BCUT2D eigenvalue weighted by atomic mass is 32.2. The van der Waals surface area contributed by atoms with Gasteiger partial charge in [0.05, 0.1) is 17.3 Å². The quantitative estimate of drug-likeness (QED) is 0.725. The van der Waals surface area contributed by atoms with Gasteiger partial charge in [-0.15, -0.1) is 0 Å². The molecule has 0 radical (unpaired) electrons. The highest BCUT2D eigenvalue weighted by Crippen LogP contribution is 2.34. The molecule has 2 rings (SSSR count). The summed E-state index contributed by atoms with van der Waals surface area (Å²) in [6.07, 6.45) is 1.29. The van der Waals surface area contributed by atoms with Crippen LogP contribution in [0.2, 0.25) is 0 Å². The molecule has 0 bridgehead atoms. The number of sulfonamides is 1. The van der Waals surface area contributed by atoms with E-state index in [-0.39, 0.29) is 6.54 Å². The summed E-state index contributed by atoms with van der Waals surface area (Å²) >= 11 is 0. The first-order valence-electron chi connectivity index (χ1n) is 5.82. The molecule has 0 aromatic rings. The number of hydrogen-bond acceptors (Lipinski definition) is 4. The highest BCUT2D eigenvalue weighted by molar-refractivity contribution is 7.89. The summed E-state index contributed by atoms with van der Waals surface area (Å²) in [5.74, 6) is -1.83. The molecule has 98 valence electrons. The molecule has 1 aliphatic heterocycles. The van der Waals surface area contributed by atoms with Crippen molar-refractivity contribution in [3.8, 4) is 0 Å². The minimum Gasteiger partial charge on any atom is -0.481 e. The number of aliphatic hydroxyl groups is 1. The average Bonchev–Trinajstić information content (AvgIpc) is 2.84. The van der Waals surface area contributed by atoms with Gasteiger partial charge in [-0.25, -0.2) is 8.42 Å². The molecule has 0 aromatic carbocycles. The number of rotatable bonds is 3. The fraction of sp³-hybridized carbons (Fsp3) is 0.900. The van der Waals surface area contributed by atoms with Crippen LogP contribution in [0.1, 0.15) is 25.7 Å². The van der Waals surface area contributed by atoms with Crippen LogP contribution in [0, 0.1) is 5.92 Å². The Bertz CT molecular complexity index is 407. The number of nitrogens with zero attached hydrogens (tertiary/aromatic N) is 1. The van der Waals surface area contributed by atoms with E-state index in [1.807, 2.05) is 0 Å². The number of aliphatic hydroxyl groups excluding tert-OH is 1. The van der Waals surface area contributed by atoms with Gasteiger partial charge in [-0.1, -0.05) is 6.42 Å². The van der Waals surface area contributed by atoms with E-state index >= 15 is 0 Å². The number of aliphatic carboxylic acids is 1. The fourth-order valence-electron chi connectivity index (χ4n) is 2.70. The molecule has 1 saturated heterocycles. The first-order valence-corrected chi connectivity index (χ1v) is 7.33. The van der Waals surface area contributed by atoms with Crippen molar-refractivity contribution in [1.82, 2.24) is 4.31 Å². The number of carboxylic acid groups (broad SMARTS) is 1. The molecule has 2 unspecified atom stereocenters. The van der Waals surface area contributed by atoms with Crippen LogP contribution in [0.3, 0.4) is 0 Å². The molecule has 2 N–H and O–H groups in total. The Morgan fingerprint density at radius 3 is 2.47 bits per heavy atom. The van der Waals surface area contributed by atoms with Crippen molar-refractivity contribution in [1.29, 1.82) is 0 Å². The van der Waals surface area contributed by atoms with Crippen LogP contribution >= 0.6 is 0 Å². The molecule has 0 spiro atoms. The lowest BCUT2D eigenvalue weighted by molar-refractivity contribution is -0.141. The predicted molar refractivity (Wildman–Crippen MR) is 59.9 cm³/mol. The molecule has 0 aromatic heterocycles. The van der Waals surface area contributed by atoms with Crippen molar-refractivity contribution >= 4 is 16.0 Å². The Morgan fingerprint density at radius 1 is 1.24 bits per heavy atom. The molecule has 7 heteroatoms. The topological polar surface area (TPSA) is 94.9 Å². The van der Waals surface area contributed by atoms with Gasteiger partial charge in [0.25, 0.3) is 0 Å². The van der Waals surface area contributed by atoms with E-state index in [0.29, 0.717) is 32.2 Å². The molecule has 1 saturated carbocycles. The zero-order chi connectivity index (χ0) is 12.6. The average molecular weight is 263 g/mol. The first kappa shape index (κ1) is 12.8. The lowest BCUT2D eigenvalue weighted by Gasteiger charge is -2.23. The van der Waals surface area contributed by atoms with Gasteiger partial charge >= 0.3 is 5.97 Å². The Labute approximate surface area is 100 Å². The molecule has 1 heterocycles. The molecule has 3 atom stereocenters. The minimum atomic E-state index is -3.57. The van der Waals surface area contributed by atoms with E-state index < -0.39 is 33.3 Å². The van der Waals surface area contributed by atoms with Crippen LogP contribution in [0.25, 0.3) is 0 Å². The Morgan fingerprint density at radius 2 is 1.94 bits per heavy atom. The second kappa shape index (κ2) is 4.55. The lowest BCUT2D eigenvalue weighted by atomic mass is 10.1. The van der Waals surface area contributed by atoms with Gasteiger partial charge in [-0.3, -0.25) is 4.79 Å². The molecule has 17 heavy (non-hydrogen) atoms. The maximum atomic E-state index is 12.2. The van der Waals surface area contributed by atoms with Crippen LogP contribution in [0.5, 0.6) is 0 Å². The van der Waals surface area contributed by atoms with Crippen molar-refractivity contribution in [2.24, 2.45) is 5.92 Å². The highest BCUT2D eigenvalue weighted by Gasteiger charge is 2.45. The van der Waals surface area contributed by atoms with Gasteiger partial charge in [0.2, 0.25) is 10.0 Å². The first-order chi connectivity index (χ1) is 7.93. The summed E-state index contributed by atoms with van der Waals surface area (Å²) < 4.78 is 25.7. The van der Waals surface area contributed by atoms with Gasteiger partial charge < -0.3 is 10.2 Å². The van der Waals surface area contributed by atoms with Crippen molar-refractivity contribution in [2.45, 2.75) is 37.0 Å². The van der Waals surface area contributed by atoms with Crippen LogP contribution in [-0.4, -0.2) is 53.3 Å². The van der Waals surface area contributed by atoms with Crippen molar-refractivity contribution in [2.75, 3.05) is 13.1 Å². The van der Waals surface area contributed by atoms with Crippen LogP contribution in [0.15, 0.2) is 0 Å². The van der Waals surface area contributed by atoms with Gasteiger partial charge in [-0.2, -0.15) is 4.31 Å². The maximum absolute atomic E-state index is 12.2. The normalized spacial score (nSPS) is 35.2. The van der Waals surface area contributed by atoms with Gasteiger partial charge in [0.1, 0.15) is 0 Å². The van der Waals surface area contributed by atoms with E-state index in [0.717, 1.165) is 0 Å². The summed E-state index contributed by atoms with van der Waals surface area (Å²) in [4.78, 5) is 11.0. The largest absolute Gasteiger partial charge is 0.481 e. The predicted octanol–water partition coefficient (Wildman–Crippen LogP) is -0.364. The summed E-state index contributed by atoms with van der Waals surface area (Å²) in [5, 5.41) is 17.6. The van der Waals surface area contributed by atoms with E-state index in [4.69, 9.17) is 5.11 Å². The molecule has 0 amide bonds. The van der Waals surface area contributed by atoms with Gasteiger partial charge in [0, 0.05) is 13.1 Å². The van der Waals surface area contributed by atoms with Crippen molar-refractivity contribution in [3.63, 3.8) is 0 Å². The maximum Gasteiger partial charge on any atom is 0.307 e. The van der Waals surface area contributed by atoms with Gasteiger partial charge in [0.15, 0.2) is 0 Å². The van der Waals surface area contributed by atoms with E-state index in [9.17, 15) is 18.3 Å². The fourth-order valence-corrected chi connectivity index (χ4v) is 4.95. The second-order valence-electron chi connectivity index (χ2n) is 4.76. The van der Waals surface area contributed by atoms with Crippen molar-refractivity contribution < 1.29 is 23.4 Å². The summed E-state index contributed by atoms with van der Waals surface area (Å²) in [6.45, 7) is 0.400. The summed E-state index contributed by atoms with van der Waals surface area (Å²) in [6, 6.07) is 0. The smallest absolute Gasteiger partial charge is 0.307 e. The Kier molecular flexibility index (Phi) is 3.42. The molecule has 1 aliphatic carbocycles. The van der Waals surface area contributed by atoms with Crippen LogP contribution in [-0.2, 0) is 14.8 Å². The molecule has 6 nitrogen and oxygen atoms in total. The standard InChI is InChI=1S/C10H17NO5S/c12-7-4-5-11(6-7)17(15,16)9-3-1-2-8(9)10(13)14/h7-9,12H,1-6H2,(H,13,14)/t7-,8?,9?/m1/s1. The number of carbonyl (C=O) groups is 1. The van der Waals surface area contributed by atoms with Gasteiger partial charge in [-0.05, 0) is 19.3 Å². The molecular formula is C10H17NO5S. The summed E-state index contributed by atoms with van der Waals surface area (Å²) in [7, 11) is -3.57. The number of hydrogen-bond donors (Lipinski definition) is 2.